The highest BCUT2D eigenvalue weighted by Gasteiger charge is 1.51. The molecule has 0 aliphatic carbocycles. The molecule has 0 N–H and O–H groups in total. The third kappa shape index (κ3) is 5.01. The maximum Gasteiger partial charge on any atom is 0.0457 e. The molecule has 0 saturated carbocycles. The van der Waals surface area contributed by atoms with Crippen molar-refractivity contribution in [3.63, 3.8) is 0 Å². The molecule has 30 valence electrons. The zero-order valence-electron chi connectivity index (χ0n) is 2.25. The van der Waals surface area contributed by atoms with E-state index in [9.17, 15) is 0 Å². The maximum absolute atomic E-state index is 4.44. The van der Waals surface area contributed by atoms with Crippen LogP contribution in [-0.4, -0.2) is 4.70 Å². The summed E-state index contributed by atoms with van der Waals surface area (Å²) in [5.41, 5.74) is 0. The van der Waals surface area contributed by atoms with E-state index in [0.29, 0.717) is 0 Å². The summed E-state index contributed by atoms with van der Waals surface area (Å²) in [6.45, 7) is 0. The molecule has 4 heteroatoms. The maximum atomic E-state index is 4.44. The Morgan fingerprint density at radius 1 is 1.80 bits per heavy atom. The van der Waals surface area contributed by atoms with E-state index in [1.165, 1.54) is 20.7 Å². The minimum absolute atomic E-state index is 1.25. The zero-order chi connectivity index (χ0) is 4.12. The molecule has 0 saturated heterocycles. The van der Waals surface area contributed by atoms with Crippen molar-refractivity contribution < 1.29 is 0 Å². The standard InChI is InChI=1S/CH2S4/c2-4-1-5-3/h1-2H. The van der Waals surface area contributed by atoms with Gasteiger partial charge < -0.3 is 0 Å². The molecule has 0 amide bonds. The quantitative estimate of drug-likeness (QED) is 0.328. The molecule has 0 fully saturated rings. The van der Waals surface area contributed by atoms with Crippen molar-refractivity contribution in [1.29, 1.82) is 0 Å². The van der Waals surface area contributed by atoms with Gasteiger partial charge in [0.05, 0.1) is 0 Å². The van der Waals surface area contributed by atoms with Gasteiger partial charge in [0, 0.05) is 4.70 Å². The summed E-state index contributed by atoms with van der Waals surface area (Å²) in [7, 11) is 2.58. The summed E-state index contributed by atoms with van der Waals surface area (Å²) in [5.74, 6) is 0. The predicted molar refractivity (Wildman–Crippen MR) is 37.4 cm³/mol. The number of hydrogen-bond acceptors (Lipinski definition) is 3. The summed E-state index contributed by atoms with van der Waals surface area (Å²) in [4.78, 5) is 0. The first-order valence-corrected chi connectivity index (χ1v) is 4.56. The van der Waals surface area contributed by atoms with Crippen LogP contribution in [0.3, 0.4) is 0 Å². The lowest BCUT2D eigenvalue weighted by Gasteiger charge is -1.57. The van der Waals surface area contributed by atoms with Crippen molar-refractivity contribution in [1.82, 2.24) is 0 Å². The van der Waals surface area contributed by atoms with Crippen molar-refractivity contribution in [3.05, 3.63) is 0 Å². The van der Waals surface area contributed by atoms with Crippen LogP contribution in [0.1, 0.15) is 0 Å². The van der Waals surface area contributed by atoms with Crippen LogP contribution >= 0.6 is 22.5 Å². The van der Waals surface area contributed by atoms with Crippen molar-refractivity contribution in [2.75, 3.05) is 0 Å². The minimum atomic E-state index is 1.25. The molecule has 0 nitrogen and oxygen atoms in total. The van der Waals surface area contributed by atoms with Gasteiger partial charge in [-0.25, -0.2) is 0 Å². The lowest BCUT2D eigenvalue weighted by Crippen LogP contribution is -1.40. The van der Waals surface area contributed by atoms with Gasteiger partial charge in [-0.1, -0.05) is 20.7 Å². The number of rotatable bonds is 1. The van der Waals surface area contributed by atoms with Gasteiger partial charge in [-0.15, -0.1) is 11.7 Å². The van der Waals surface area contributed by atoms with Crippen molar-refractivity contribution >= 4 is 48.3 Å². The van der Waals surface area contributed by atoms with Gasteiger partial charge in [0.15, 0.2) is 0 Å². The van der Waals surface area contributed by atoms with Crippen LogP contribution in [0.15, 0.2) is 0 Å². The molecular weight excluding hydrogens is 140 g/mol. The molecule has 0 atom stereocenters. The molecule has 0 heterocycles. The fourth-order valence-corrected chi connectivity index (χ4v) is 1.42. The molecule has 0 aromatic rings. The van der Waals surface area contributed by atoms with E-state index < -0.39 is 0 Å². The molecule has 0 rings (SSSR count). The van der Waals surface area contributed by atoms with E-state index in [1.54, 1.807) is 4.70 Å². The van der Waals surface area contributed by atoms with Crippen LogP contribution < -0.4 is 0 Å². The van der Waals surface area contributed by atoms with Gasteiger partial charge in [0.25, 0.3) is 0 Å². The Bertz CT molecular complexity index is 50.7. The molecule has 5 heavy (non-hydrogen) atoms. The zero-order valence-corrected chi connectivity index (χ0v) is 5.59. The van der Waals surface area contributed by atoms with Crippen LogP contribution in [0.25, 0.3) is 0 Å². The summed E-state index contributed by atoms with van der Waals surface area (Å²) in [6, 6.07) is 0. The average molecular weight is 142 g/mol. The molecule has 0 aliphatic rings. The molecule has 0 spiro atoms. The lowest BCUT2D eigenvalue weighted by molar-refractivity contribution is 4.47. The van der Waals surface area contributed by atoms with Gasteiger partial charge in [-0.3, -0.25) is 0 Å². The molecular formula is CH2S4. The van der Waals surface area contributed by atoms with E-state index in [0.717, 1.165) is 0 Å². The number of thiol groups is 1. The predicted octanol–water partition coefficient (Wildman–Crippen LogP) is 0.869. The molecule has 0 unspecified atom stereocenters. The highest BCUT2D eigenvalue weighted by Crippen LogP contribution is 1.94. The second-order valence-electron chi connectivity index (χ2n) is 0.298. The summed E-state index contributed by atoms with van der Waals surface area (Å²) < 4.78 is 1.76. The summed E-state index contributed by atoms with van der Waals surface area (Å²) >= 11 is 8.22. The van der Waals surface area contributed by atoms with Gasteiger partial charge in [-0.2, -0.15) is 0 Å². The molecule has 0 aromatic heterocycles. The van der Waals surface area contributed by atoms with Crippen LogP contribution in [0, 0.1) is 0 Å². The van der Waals surface area contributed by atoms with Gasteiger partial charge in [0.1, 0.15) is 0 Å². The van der Waals surface area contributed by atoms with Gasteiger partial charge in [0.2, 0.25) is 0 Å². The first-order valence-electron chi connectivity index (χ1n) is 0.821. The van der Waals surface area contributed by atoms with E-state index >= 15 is 0 Å². The summed E-state index contributed by atoms with van der Waals surface area (Å²) in [5, 5.41) is 0. The minimum Gasteiger partial charge on any atom is -0.106 e. The van der Waals surface area contributed by atoms with E-state index in [1.807, 2.05) is 0 Å². The second-order valence-corrected chi connectivity index (χ2v) is 2.68. The SMILES string of the molecule is S=S=CSS. The third-order valence-electron chi connectivity index (χ3n) is 0.0823. The van der Waals surface area contributed by atoms with Crippen molar-refractivity contribution in [2.45, 2.75) is 0 Å². The first kappa shape index (κ1) is 6.01. The third-order valence-corrected chi connectivity index (χ3v) is 2.22. The second kappa shape index (κ2) is 5.01. The van der Waals surface area contributed by atoms with Crippen LogP contribution in [0.5, 0.6) is 0 Å². The Labute approximate surface area is 48.4 Å². The van der Waals surface area contributed by atoms with Gasteiger partial charge in [-0.05, 0) is 11.2 Å². The average Bonchev–Trinajstić information content (AvgIpc) is 1.41. The lowest BCUT2D eigenvalue weighted by atomic mass is 11.9. The Hall–Kier alpha value is 1.01. The van der Waals surface area contributed by atoms with E-state index in [-0.39, 0.29) is 0 Å². The fraction of sp³-hybridized carbons (Fsp3) is 0. The van der Waals surface area contributed by atoms with Crippen molar-refractivity contribution in [3.8, 4) is 0 Å². The Kier molecular flexibility index (Phi) is 6.02. The highest BCUT2D eigenvalue weighted by molar-refractivity contribution is 8.76. The van der Waals surface area contributed by atoms with Crippen LogP contribution in [0.4, 0.5) is 0 Å². The normalized spacial score (nSPS) is 6.60. The first-order chi connectivity index (χ1) is 2.41. The smallest absolute Gasteiger partial charge is 0.0457 e. The van der Waals surface area contributed by atoms with Crippen molar-refractivity contribution in [2.24, 2.45) is 0 Å². The fourth-order valence-electron chi connectivity index (χ4n) is 0.0176. The number of hydrogen-bond donors (Lipinski definition) is 1. The monoisotopic (exact) mass is 142 g/mol. The summed E-state index contributed by atoms with van der Waals surface area (Å²) in [6.07, 6.45) is 0. The van der Waals surface area contributed by atoms with E-state index in [2.05, 4.69) is 22.8 Å². The Morgan fingerprint density at radius 2 is 2.40 bits per heavy atom. The molecule has 0 bridgehead atoms. The van der Waals surface area contributed by atoms with Crippen LogP contribution in [-0.2, 0) is 21.1 Å². The van der Waals surface area contributed by atoms with Gasteiger partial charge >= 0.3 is 0 Å². The largest absolute Gasteiger partial charge is 0.106 e. The Morgan fingerprint density at radius 3 is 2.40 bits per heavy atom. The van der Waals surface area contributed by atoms with Crippen LogP contribution in [0.2, 0.25) is 0 Å². The molecule has 0 aliphatic heterocycles. The van der Waals surface area contributed by atoms with E-state index in [4.69, 9.17) is 0 Å². The molecule has 0 radical (unpaired) electrons. The topological polar surface area (TPSA) is 0 Å². The molecule has 0 aromatic carbocycles. The highest BCUT2D eigenvalue weighted by atomic mass is 33.1. The Balaban J connectivity index is 2.93.